The number of aliphatic hydroxyl groups excluding tert-OH is 1. The van der Waals surface area contributed by atoms with Gasteiger partial charge in [-0.1, -0.05) is 0 Å². The Morgan fingerprint density at radius 1 is 1.53 bits per heavy atom. The minimum absolute atomic E-state index is 0.0973. The van der Waals surface area contributed by atoms with E-state index in [1.54, 1.807) is 10.9 Å². The van der Waals surface area contributed by atoms with Crippen molar-refractivity contribution in [1.29, 1.82) is 0 Å². The van der Waals surface area contributed by atoms with Crippen LogP contribution < -0.4 is 5.59 Å². The molecule has 2 radical (unpaired) electrons. The van der Waals surface area contributed by atoms with Gasteiger partial charge in [-0.3, -0.25) is 0 Å². The average molecular weight is 222 g/mol. The molecule has 1 N–H and O–H groups in total. The Labute approximate surface area is 92.5 Å². The van der Waals surface area contributed by atoms with Gasteiger partial charge in [-0.2, -0.15) is 10.1 Å². The number of fused-ring (bicyclic) bond motifs is 1. The number of hydrogen-bond acceptors (Lipinski definition) is 4. The second kappa shape index (κ2) is 4.16. The Balaban J connectivity index is 2.49. The predicted molar refractivity (Wildman–Crippen MR) is 57.4 cm³/mol. The van der Waals surface area contributed by atoms with Crippen molar-refractivity contribution in [2.24, 2.45) is 0 Å². The zero-order chi connectivity index (χ0) is 10.8. The third kappa shape index (κ3) is 1.96. The molecule has 0 fully saturated rings. The molecule has 0 atom stereocenters. The molecule has 15 heavy (non-hydrogen) atoms. The summed E-state index contributed by atoms with van der Waals surface area (Å²) in [7, 11) is 5.68. The molecule has 0 unspecified atom stereocenters. The van der Waals surface area contributed by atoms with Gasteiger partial charge in [-0.25, -0.2) is 9.67 Å². The number of aliphatic hydroxyl groups is 1. The number of aromatic nitrogens is 4. The fourth-order valence-corrected chi connectivity index (χ4v) is 1.47. The van der Waals surface area contributed by atoms with Gasteiger partial charge in [0.25, 0.3) is 0 Å². The van der Waals surface area contributed by atoms with E-state index in [0.717, 1.165) is 0 Å². The zero-order valence-electron chi connectivity index (χ0n) is 7.89. The molecule has 0 spiro atoms. The first-order chi connectivity index (χ1) is 7.22. The van der Waals surface area contributed by atoms with Gasteiger partial charge in [-0.05, 0) is 18.0 Å². The molecule has 7 heteroatoms. The van der Waals surface area contributed by atoms with Crippen LogP contribution in [-0.2, 0) is 6.54 Å². The van der Waals surface area contributed by atoms with Crippen LogP contribution in [0.25, 0.3) is 11.0 Å². The number of aryl methyl sites for hydroxylation is 1. The lowest BCUT2D eigenvalue weighted by molar-refractivity contribution is 0.278. The molecule has 2 aromatic rings. The maximum Gasteiger partial charge on any atom is 0.224 e. The van der Waals surface area contributed by atoms with E-state index in [1.165, 1.54) is 0 Å². The van der Waals surface area contributed by atoms with Gasteiger partial charge in [0.2, 0.25) is 5.28 Å². The fourth-order valence-electron chi connectivity index (χ4n) is 1.34. The molecule has 0 bridgehead atoms. The molecule has 0 aliphatic heterocycles. The summed E-state index contributed by atoms with van der Waals surface area (Å²) in [5.41, 5.74) is 0.973. The second-order valence-corrected chi connectivity index (χ2v) is 3.40. The molecule has 2 aromatic heterocycles. The molecule has 0 amide bonds. The largest absolute Gasteiger partial charge is 0.396 e. The highest BCUT2D eigenvalue weighted by molar-refractivity contribution is 6.37. The summed E-state index contributed by atoms with van der Waals surface area (Å²) in [6.07, 6.45) is 2.14. The van der Waals surface area contributed by atoms with E-state index in [1.807, 2.05) is 0 Å². The topological polar surface area (TPSA) is 63.8 Å². The zero-order valence-corrected chi connectivity index (χ0v) is 8.65. The van der Waals surface area contributed by atoms with Gasteiger partial charge in [0.05, 0.1) is 0 Å². The Kier molecular flexibility index (Phi) is 2.88. The molecule has 0 saturated carbocycles. The maximum absolute atomic E-state index is 8.73. The molecule has 2 heterocycles. The Morgan fingerprint density at radius 2 is 2.33 bits per heavy atom. The lowest BCUT2D eigenvalue weighted by Crippen LogP contribution is -2.09. The number of nitrogens with zero attached hydrogens (tertiary/aromatic N) is 4. The van der Waals surface area contributed by atoms with E-state index in [4.69, 9.17) is 24.6 Å². The molecule has 5 nitrogen and oxygen atoms in total. The van der Waals surface area contributed by atoms with Crippen molar-refractivity contribution in [2.45, 2.75) is 13.0 Å². The van der Waals surface area contributed by atoms with Crippen molar-refractivity contribution in [3.05, 3.63) is 11.5 Å². The van der Waals surface area contributed by atoms with E-state index in [2.05, 4.69) is 15.1 Å². The molecular weight excluding hydrogens is 214 g/mol. The lowest BCUT2D eigenvalue weighted by atomic mass is 10.0. The Morgan fingerprint density at radius 3 is 3.07 bits per heavy atom. The molecule has 0 aromatic carbocycles. The first-order valence-corrected chi connectivity index (χ1v) is 4.85. The minimum Gasteiger partial charge on any atom is -0.396 e. The van der Waals surface area contributed by atoms with Gasteiger partial charge < -0.3 is 5.11 Å². The highest BCUT2D eigenvalue weighted by Gasteiger charge is 2.08. The van der Waals surface area contributed by atoms with Gasteiger partial charge >= 0.3 is 0 Å². The SMILES string of the molecule is [B]c1nn(CCCO)c2nc(Cl)ncc12. The van der Waals surface area contributed by atoms with E-state index in [-0.39, 0.29) is 11.9 Å². The smallest absolute Gasteiger partial charge is 0.224 e. The second-order valence-electron chi connectivity index (χ2n) is 3.06. The number of rotatable bonds is 3. The molecular formula is C8H8BClN4O. The molecule has 0 aliphatic carbocycles. The molecule has 76 valence electrons. The van der Waals surface area contributed by atoms with Crippen LogP contribution in [-0.4, -0.2) is 39.3 Å². The monoisotopic (exact) mass is 222 g/mol. The van der Waals surface area contributed by atoms with Crippen LogP contribution in [0.2, 0.25) is 5.28 Å². The van der Waals surface area contributed by atoms with Crippen LogP contribution in [0.3, 0.4) is 0 Å². The first kappa shape index (κ1) is 10.4. The van der Waals surface area contributed by atoms with Crippen LogP contribution in [0.5, 0.6) is 0 Å². The van der Waals surface area contributed by atoms with Crippen molar-refractivity contribution in [3.63, 3.8) is 0 Å². The van der Waals surface area contributed by atoms with E-state index in [9.17, 15) is 0 Å². The maximum atomic E-state index is 8.73. The third-order valence-corrected chi connectivity index (χ3v) is 2.20. The van der Waals surface area contributed by atoms with Crippen LogP contribution in [0, 0.1) is 0 Å². The third-order valence-electron chi connectivity index (χ3n) is 2.02. The van der Waals surface area contributed by atoms with Crippen molar-refractivity contribution >= 4 is 36.1 Å². The molecule has 0 saturated heterocycles. The van der Waals surface area contributed by atoms with E-state index in [0.29, 0.717) is 29.6 Å². The summed E-state index contributed by atoms with van der Waals surface area (Å²) in [6, 6.07) is 0. The van der Waals surface area contributed by atoms with Crippen LogP contribution >= 0.6 is 11.6 Å². The summed E-state index contributed by atoms with van der Waals surface area (Å²) in [6.45, 7) is 0.650. The van der Waals surface area contributed by atoms with Gasteiger partial charge in [0, 0.05) is 30.3 Å². The van der Waals surface area contributed by atoms with Crippen LogP contribution in [0.15, 0.2) is 6.20 Å². The fraction of sp³-hybridized carbons (Fsp3) is 0.375. The normalized spacial score (nSPS) is 11.1. The van der Waals surface area contributed by atoms with Crippen LogP contribution in [0.4, 0.5) is 0 Å². The lowest BCUT2D eigenvalue weighted by Gasteiger charge is -2.00. The van der Waals surface area contributed by atoms with Crippen molar-refractivity contribution in [2.75, 3.05) is 6.61 Å². The first-order valence-electron chi connectivity index (χ1n) is 4.48. The number of halogens is 1. The average Bonchev–Trinajstić information content (AvgIpc) is 2.52. The summed E-state index contributed by atoms with van der Waals surface area (Å²) in [5, 5.41) is 13.7. The Bertz CT molecular complexity index is 487. The van der Waals surface area contributed by atoms with Crippen molar-refractivity contribution in [3.8, 4) is 0 Å². The standard InChI is InChI=1S/C8H8BClN4O/c9-6-5-4-11-8(10)12-7(5)14(13-6)2-1-3-15/h4,15H,1-3H2. The van der Waals surface area contributed by atoms with E-state index >= 15 is 0 Å². The van der Waals surface area contributed by atoms with Gasteiger partial charge in [0.15, 0.2) is 5.65 Å². The summed E-state index contributed by atoms with van der Waals surface area (Å²) in [5.74, 6) is 0. The van der Waals surface area contributed by atoms with Crippen molar-refractivity contribution in [1.82, 2.24) is 19.7 Å². The number of hydrogen-bond donors (Lipinski definition) is 1. The Hall–Kier alpha value is -1.14. The predicted octanol–water partition coefficient (Wildman–Crippen LogP) is -0.344. The summed E-state index contributed by atoms with van der Waals surface area (Å²) < 4.78 is 1.62. The molecule has 2 rings (SSSR count). The van der Waals surface area contributed by atoms with Crippen LogP contribution in [0.1, 0.15) is 6.42 Å². The van der Waals surface area contributed by atoms with Crippen molar-refractivity contribution < 1.29 is 5.11 Å². The highest BCUT2D eigenvalue weighted by Crippen LogP contribution is 2.10. The highest BCUT2D eigenvalue weighted by atomic mass is 35.5. The van der Waals surface area contributed by atoms with Gasteiger partial charge in [-0.15, -0.1) is 0 Å². The van der Waals surface area contributed by atoms with E-state index < -0.39 is 0 Å². The molecule has 0 aliphatic rings. The summed E-state index contributed by atoms with van der Waals surface area (Å²) in [4.78, 5) is 7.88. The summed E-state index contributed by atoms with van der Waals surface area (Å²) >= 11 is 5.68. The van der Waals surface area contributed by atoms with Gasteiger partial charge in [0.1, 0.15) is 7.85 Å². The minimum atomic E-state index is 0.0973. The quantitative estimate of drug-likeness (QED) is 0.570.